The van der Waals surface area contributed by atoms with Crippen molar-refractivity contribution in [3.63, 3.8) is 0 Å². The fraction of sp³-hybridized carbons (Fsp3) is 0. The summed E-state index contributed by atoms with van der Waals surface area (Å²) in [7, 11) is 0. The zero-order valence-electron chi connectivity index (χ0n) is 10.2. The minimum atomic E-state index is 0. The van der Waals surface area contributed by atoms with Crippen LogP contribution < -0.4 is 0 Å². The standard InChI is InChI=1S/12O2.V/c12*1-2;. The van der Waals surface area contributed by atoms with Crippen LogP contribution in [0.5, 0.6) is 0 Å². The minimum Gasteiger partial charge on any atom is 0 e. The Morgan fingerprint density at radius 1 is 0.120 bits per heavy atom. The normalized spacial score (nSPS) is 1.92. The van der Waals surface area contributed by atoms with Gasteiger partial charge < -0.3 is 0 Å². The Kier molecular flexibility index (Phi) is 2110. The number of rotatable bonds is 0. The molecule has 0 rings (SSSR count). The average molecular weight is 435 g/mol. The van der Waals surface area contributed by atoms with Crippen LogP contribution in [-0.2, 0) is 18.6 Å². The maximum Gasteiger partial charge on any atom is 0 e. The molecular formula is O24V. The molecule has 0 atom stereocenters. The molecule has 0 aliphatic rings. The van der Waals surface area contributed by atoms with Gasteiger partial charge in [0.15, 0.2) is 0 Å². The summed E-state index contributed by atoms with van der Waals surface area (Å²) in [5.74, 6) is 0. The van der Waals surface area contributed by atoms with E-state index in [2.05, 4.69) is 0 Å². The first-order valence-corrected chi connectivity index (χ1v) is 2.00. The molecule has 149 valence electrons. The molecule has 0 aliphatic heterocycles. The summed E-state index contributed by atoms with van der Waals surface area (Å²) < 4.78 is 0. The monoisotopic (exact) mass is 435 g/mol. The Balaban J connectivity index is -0.00000000569. The fourth-order valence-corrected chi connectivity index (χ4v) is 0. The average Bonchev–Trinajstić information content (AvgIpc) is 2.84. The molecule has 0 aromatic heterocycles. The summed E-state index contributed by atoms with van der Waals surface area (Å²) in [4.78, 5) is 168. The second-order valence-corrected chi connectivity index (χ2v) is 0. The van der Waals surface area contributed by atoms with Crippen molar-refractivity contribution in [3.05, 3.63) is 119 Å². The van der Waals surface area contributed by atoms with Crippen molar-refractivity contribution in [2.24, 2.45) is 0 Å². The van der Waals surface area contributed by atoms with Gasteiger partial charge in [-0.2, -0.15) is 0 Å². The van der Waals surface area contributed by atoms with E-state index in [1.807, 2.05) is 0 Å². The minimum absolute atomic E-state index is 0. The molecule has 0 aromatic carbocycles. The van der Waals surface area contributed by atoms with Crippen LogP contribution in [0.2, 0.25) is 0 Å². The molecule has 0 aromatic rings. The Hall–Kier alpha value is -4.22. The van der Waals surface area contributed by atoms with Gasteiger partial charge in [0.2, 0.25) is 0 Å². The smallest absolute Gasteiger partial charge is 0 e. The van der Waals surface area contributed by atoms with E-state index in [1.54, 1.807) is 0 Å². The van der Waals surface area contributed by atoms with Crippen LogP contribution in [0.15, 0.2) is 0 Å². The maximum atomic E-state index is 7.00. The van der Waals surface area contributed by atoms with Gasteiger partial charge in [-0.3, -0.25) is 0 Å². The second kappa shape index (κ2) is 393. The Bertz CT molecular complexity index is 49.1. The SMILES string of the molecule is O=O.O=O.O=O.O=O.O=O.O=O.O=O.O=O.O=O.O=O.O=O.O=O.[V]. The van der Waals surface area contributed by atoms with Gasteiger partial charge in [0, 0.05) is 138 Å². The first-order chi connectivity index (χ1) is 12.0. The van der Waals surface area contributed by atoms with Crippen LogP contribution in [-0.4, -0.2) is 0 Å². The van der Waals surface area contributed by atoms with Gasteiger partial charge in [-0.15, -0.1) is 0 Å². The van der Waals surface area contributed by atoms with Crippen molar-refractivity contribution < 1.29 is 18.6 Å². The molecule has 0 heterocycles. The first-order valence-electron chi connectivity index (χ1n) is 2.00. The van der Waals surface area contributed by atoms with E-state index < -0.39 is 0 Å². The molecule has 25 heteroatoms. The van der Waals surface area contributed by atoms with Crippen LogP contribution in [0.25, 0.3) is 0 Å². The molecule has 0 N–H and O–H groups in total. The third kappa shape index (κ3) is 352. The van der Waals surface area contributed by atoms with Crippen molar-refractivity contribution in [2.45, 2.75) is 0 Å². The second-order valence-electron chi connectivity index (χ2n) is 0. The largest absolute Gasteiger partial charge is 0 e. The molecule has 0 amide bonds. The van der Waals surface area contributed by atoms with E-state index in [0.717, 1.165) is 0 Å². The van der Waals surface area contributed by atoms with Crippen LogP contribution in [0, 0.1) is 119 Å². The maximum absolute atomic E-state index is 7.00. The van der Waals surface area contributed by atoms with Crippen LogP contribution in [0.1, 0.15) is 0 Å². The van der Waals surface area contributed by atoms with E-state index in [1.165, 1.54) is 0 Å². The molecule has 1 radical (unpaired) electrons. The van der Waals surface area contributed by atoms with Gasteiger partial charge in [-0.05, 0) is 0 Å². The van der Waals surface area contributed by atoms with E-state index >= 15 is 0 Å². The Morgan fingerprint density at radius 3 is 0.120 bits per heavy atom. The molecule has 0 fully saturated rings. The van der Waals surface area contributed by atoms with E-state index in [9.17, 15) is 0 Å². The van der Waals surface area contributed by atoms with Crippen molar-refractivity contribution in [3.8, 4) is 0 Å². The van der Waals surface area contributed by atoms with E-state index in [-0.39, 0.29) is 18.6 Å². The van der Waals surface area contributed by atoms with Crippen LogP contribution in [0.3, 0.4) is 0 Å². The molecule has 0 unspecified atom stereocenters. The van der Waals surface area contributed by atoms with E-state index in [4.69, 9.17) is 119 Å². The number of hydrogen-bond donors (Lipinski definition) is 0. The molecule has 0 saturated heterocycles. The van der Waals surface area contributed by atoms with Crippen molar-refractivity contribution in [1.29, 1.82) is 0 Å². The first kappa shape index (κ1) is 134. The van der Waals surface area contributed by atoms with Crippen molar-refractivity contribution in [2.75, 3.05) is 0 Å². The summed E-state index contributed by atoms with van der Waals surface area (Å²) in [5.41, 5.74) is 0. The van der Waals surface area contributed by atoms with Crippen molar-refractivity contribution in [1.82, 2.24) is 0 Å². The van der Waals surface area contributed by atoms with Gasteiger partial charge in [0.05, 0.1) is 0 Å². The third-order valence-corrected chi connectivity index (χ3v) is 0. The Labute approximate surface area is 139 Å². The fourth-order valence-electron chi connectivity index (χ4n) is 0. The molecular weight excluding hydrogens is 435 g/mol. The zero-order valence-corrected chi connectivity index (χ0v) is 11.6. The third-order valence-electron chi connectivity index (χ3n) is 0. The molecule has 0 saturated carbocycles. The summed E-state index contributed by atoms with van der Waals surface area (Å²) in [6.07, 6.45) is 0. The van der Waals surface area contributed by atoms with Crippen LogP contribution >= 0.6 is 0 Å². The summed E-state index contributed by atoms with van der Waals surface area (Å²) in [5, 5.41) is 0. The zero-order chi connectivity index (χ0) is 24.0. The topological polar surface area (TPSA) is 410 Å². The van der Waals surface area contributed by atoms with Gasteiger partial charge in [0.25, 0.3) is 0 Å². The van der Waals surface area contributed by atoms with Crippen LogP contribution in [0.4, 0.5) is 0 Å². The quantitative estimate of drug-likeness (QED) is 0.507. The van der Waals surface area contributed by atoms with Gasteiger partial charge in [-0.25, -0.2) is 0 Å². The molecule has 0 aliphatic carbocycles. The predicted octanol–water partition coefficient (Wildman–Crippen LogP) is 0.801. The molecule has 25 heavy (non-hydrogen) atoms. The van der Waals surface area contributed by atoms with E-state index in [0.29, 0.717) is 0 Å². The summed E-state index contributed by atoms with van der Waals surface area (Å²) in [6.45, 7) is 0. The predicted molar refractivity (Wildman–Crippen MR) is 80.8 cm³/mol. The number of hydrogen-bond acceptors (Lipinski definition) is 24. The van der Waals surface area contributed by atoms with Gasteiger partial charge in [-0.1, -0.05) is 0 Å². The van der Waals surface area contributed by atoms with Gasteiger partial charge >= 0.3 is 0 Å². The van der Waals surface area contributed by atoms with Crippen molar-refractivity contribution >= 4 is 0 Å². The molecule has 24 nitrogen and oxygen atoms in total. The summed E-state index contributed by atoms with van der Waals surface area (Å²) >= 11 is 0. The van der Waals surface area contributed by atoms with Gasteiger partial charge in [0.1, 0.15) is 0 Å². The summed E-state index contributed by atoms with van der Waals surface area (Å²) in [6, 6.07) is 0. The molecule has 0 bridgehead atoms. The Morgan fingerprint density at radius 2 is 0.120 bits per heavy atom. The molecule has 0 spiro atoms.